The summed E-state index contributed by atoms with van der Waals surface area (Å²) >= 11 is 0. The van der Waals surface area contributed by atoms with Gasteiger partial charge in [0.05, 0.1) is 0 Å². The third kappa shape index (κ3) is 2.84. The summed E-state index contributed by atoms with van der Waals surface area (Å²) in [6, 6.07) is 11.4. The average Bonchev–Trinajstić information content (AvgIpc) is 2.85. The maximum absolute atomic E-state index is 10.6. The molecule has 0 aliphatic carbocycles. The van der Waals surface area contributed by atoms with Crippen molar-refractivity contribution in [1.29, 1.82) is 0 Å². The summed E-state index contributed by atoms with van der Waals surface area (Å²) in [6.45, 7) is 2.17. The summed E-state index contributed by atoms with van der Waals surface area (Å²) < 4.78 is 5.76. The first-order valence-corrected chi connectivity index (χ1v) is 5.98. The van der Waals surface area contributed by atoms with E-state index in [-0.39, 0.29) is 0 Å². The Morgan fingerprint density at radius 1 is 1.12 bits per heavy atom. The highest BCUT2D eigenvalue weighted by Gasteiger charge is 2.04. The van der Waals surface area contributed by atoms with Crippen molar-refractivity contribution >= 4 is 6.29 Å². The molecule has 0 aliphatic heterocycles. The Kier molecular flexibility index (Phi) is 3.76. The number of carbonyl (C=O) groups is 1. The molecule has 0 N–H and O–H groups in total. The van der Waals surface area contributed by atoms with Gasteiger partial charge in [-0.15, -0.1) is 0 Å². The second-order valence-electron chi connectivity index (χ2n) is 4.11. The van der Waals surface area contributed by atoms with Crippen molar-refractivity contribution in [2.75, 3.05) is 0 Å². The predicted molar refractivity (Wildman–Crippen MR) is 68.1 cm³/mol. The number of hydrogen-bond donors (Lipinski definition) is 0. The SMILES string of the molecule is CCCCc1ccc(-c2ccc(C=O)cc2)o1. The quantitative estimate of drug-likeness (QED) is 0.721. The van der Waals surface area contributed by atoms with Crippen LogP contribution in [0.5, 0.6) is 0 Å². The largest absolute Gasteiger partial charge is 0.461 e. The zero-order valence-corrected chi connectivity index (χ0v) is 9.98. The first-order chi connectivity index (χ1) is 8.33. The summed E-state index contributed by atoms with van der Waals surface area (Å²) in [5.74, 6) is 1.90. The van der Waals surface area contributed by atoms with Gasteiger partial charge < -0.3 is 4.42 Å². The van der Waals surface area contributed by atoms with E-state index in [9.17, 15) is 4.79 Å². The molecule has 1 aromatic heterocycles. The van der Waals surface area contributed by atoms with Gasteiger partial charge in [0.25, 0.3) is 0 Å². The van der Waals surface area contributed by atoms with Gasteiger partial charge in [-0.2, -0.15) is 0 Å². The molecule has 0 bridgehead atoms. The van der Waals surface area contributed by atoms with E-state index in [0.717, 1.165) is 36.2 Å². The van der Waals surface area contributed by atoms with Crippen molar-refractivity contribution in [3.8, 4) is 11.3 Å². The fourth-order valence-electron chi connectivity index (χ4n) is 1.74. The van der Waals surface area contributed by atoms with Crippen LogP contribution in [-0.4, -0.2) is 6.29 Å². The minimum atomic E-state index is 0.687. The Morgan fingerprint density at radius 3 is 2.53 bits per heavy atom. The standard InChI is InChI=1S/C15H16O2/c1-2-3-4-14-9-10-15(17-14)13-7-5-12(11-16)6-8-13/h5-11H,2-4H2,1H3. The topological polar surface area (TPSA) is 30.2 Å². The van der Waals surface area contributed by atoms with E-state index < -0.39 is 0 Å². The van der Waals surface area contributed by atoms with Gasteiger partial charge in [-0.05, 0) is 18.6 Å². The molecule has 2 nitrogen and oxygen atoms in total. The third-order valence-corrected chi connectivity index (χ3v) is 2.77. The van der Waals surface area contributed by atoms with Crippen LogP contribution in [0.4, 0.5) is 0 Å². The minimum absolute atomic E-state index is 0.687. The number of hydrogen-bond acceptors (Lipinski definition) is 2. The van der Waals surface area contributed by atoms with Gasteiger partial charge in [-0.25, -0.2) is 0 Å². The Morgan fingerprint density at radius 2 is 1.88 bits per heavy atom. The second-order valence-corrected chi connectivity index (χ2v) is 4.11. The van der Waals surface area contributed by atoms with Crippen LogP contribution >= 0.6 is 0 Å². The maximum Gasteiger partial charge on any atom is 0.150 e. The molecule has 17 heavy (non-hydrogen) atoms. The van der Waals surface area contributed by atoms with Crippen LogP contribution in [-0.2, 0) is 6.42 Å². The molecule has 2 rings (SSSR count). The van der Waals surface area contributed by atoms with Gasteiger partial charge in [0.15, 0.2) is 0 Å². The lowest BCUT2D eigenvalue weighted by molar-refractivity contribution is 0.112. The molecule has 2 aromatic rings. The molecule has 0 saturated heterocycles. The molecule has 1 heterocycles. The molecule has 0 radical (unpaired) electrons. The van der Waals surface area contributed by atoms with E-state index >= 15 is 0 Å². The highest BCUT2D eigenvalue weighted by molar-refractivity contribution is 5.76. The average molecular weight is 228 g/mol. The summed E-state index contributed by atoms with van der Waals surface area (Å²) in [5, 5.41) is 0. The number of unbranched alkanes of at least 4 members (excludes halogenated alkanes) is 1. The Hall–Kier alpha value is -1.83. The summed E-state index contributed by atoms with van der Waals surface area (Å²) in [4.78, 5) is 10.6. The molecule has 0 atom stereocenters. The fraction of sp³-hybridized carbons (Fsp3) is 0.267. The van der Waals surface area contributed by atoms with E-state index in [1.807, 2.05) is 24.3 Å². The first kappa shape index (κ1) is 11.6. The van der Waals surface area contributed by atoms with Crippen molar-refractivity contribution < 1.29 is 9.21 Å². The van der Waals surface area contributed by atoms with E-state index in [1.54, 1.807) is 12.1 Å². The van der Waals surface area contributed by atoms with Crippen LogP contribution < -0.4 is 0 Å². The van der Waals surface area contributed by atoms with E-state index in [1.165, 1.54) is 6.42 Å². The van der Waals surface area contributed by atoms with Gasteiger partial charge in [0.2, 0.25) is 0 Å². The molecule has 1 aromatic carbocycles. The van der Waals surface area contributed by atoms with Crippen molar-refractivity contribution in [2.24, 2.45) is 0 Å². The number of aryl methyl sites for hydroxylation is 1. The summed E-state index contributed by atoms with van der Waals surface area (Å²) in [7, 11) is 0. The van der Waals surface area contributed by atoms with E-state index in [2.05, 4.69) is 6.92 Å². The monoisotopic (exact) mass is 228 g/mol. The van der Waals surface area contributed by atoms with Crippen LogP contribution in [0.15, 0.2) is 40.8 Å². The first-order valence-electron chi connectivity index (χ1n) is 5.98. The number of carbonyl (C=O) groups excluding carboxylic acids is 1. The van der Waals surface area contributed by atoms with Crippen LogP contribution in [0.3, 0.4) is 0 Å². The molecule has 0 amide bonds. The number of benzene rings is 1. The zero-order valence-electron chi connectivity index (χ0n) is 9.98. The predicted octanol–water partition coefficient (Wildman–Crippen LogP) is 4.10. The molecule has 0 aliphatic rings. The van der Waals surface area contributed by atoms with Gasteiger partial charge in [-0.1, -0.05) is 37.6 Å². The van der Waals surface area contributed by atoms with Gasteiger partial charge in [0.1, 0.15) is 17.8 Å². The van der Waals surface area contributed by atoms with Crippen molar-refractivity contribution in [2.45, 2.75) is 26.2 Å². The molecular weight excluding hydrogens is 212 g/mol. The van der Waals surface area contributed by atoms with Crippen molar-refractivity contribution in [3.63, 3.8) is 0 Å². The molecule has 88 valence electrons. The van der Waals surface area contributed by atoms with Gasteiger partial charge in [-0.3, -0.25) is 4.79 Å². The zero-order chi connectivity index (χ0) is 12.1. The lowest BCUT2D eigenvalue weighted by Gasteiger charge is -1.98. The lowest BCUT2D eigenvalue weighted by atomic mass is 10.1. The fourth-order valence-corrected chi connectivity index (χ4v) is 1.74. The minimum Gasteiger partial charge on any atom is -0.461 e. The van der Waals surface area contributed by atoms with Crippen molar-refractivity contribution in [1.82, 2.24) is 0 Å². The van der Waals surface area contributed by atoms with Crippen LogP contribution in [0, 0.1) is 0 Å². The van der Waals surface area contributed by atoms with Crippen LogP contribution in [0.25, 0.3) is 11.3 Å². The van der Waals surface area contributed by atoms with Crippen LogP contribution in [0.1, 0.15) is 35.9 Å². The molecule has 0 unspecified atom stereocenters. The van der Waals surface area contributed by atoms with Crippen molar-refractivity contribution in [3.05, 3.63) is 47.7 Å². The Bertz CT molecular complexity index is 480. The number of aldehydes is 1. The Labute approximate surface area is 101 Å². The number of furan rings is 1. The molecule has 0 spiro atoms. The van der Waals surface area contributed by atoms with Gasteiger partial charge >= 0.3 is 0 Å². The normalized spacial score (nSPS) is 10.4. The molecule has 2 heteroatoms. The maximum atomic E-state index is 10.6. The molecule has 0 saturated carbocycles. The van der Waals surface area contributed by atoms with Gasteiger partial charge in [0, 0.05) is 17.5 Å². The highest BCUT2D eigenvalue weighted by atomic mass is 16.3. The Balaban J connectivity index is 2.15. The second kappa shape index (κ2) is 5.48. The van der Waals surface area contributed by atoms with E-state index in [0.29, 0.717) is 5.56 Å². The van der Waals surface area contributed by atoms with Crippen LogP contribution in [0.2, 0.25) is 0 Å². The molecular formula is C15H16O2. The smallest absolute Gasteiger partial charge is 0.150 e. The molecule has 0 fully saturated rings. The summed E-state index contributed by atoms with van der Waals surface area (Å²) in [6.07, 6.45) is 4.16. The van der Waals surface area contributed by atoms with E-state index in [4.69, 9.17) is 4.42 Å². The lowest BCUT2D eigenvalue weighted by Crippen LogP contribution is -1.80. The summed E-state index contributed by atoms with van der Waals surface area (Å²) in [5.41, 5.74) is 1.70. The third-order valence-electron chi connectivity index (χ3n) is 2.77. The highest BCUT2D eigenvalue weighted by Crippen LogP contribution is 2.23. The number of rotatable bonds is 5.